The van der Waals surface area contributed by atoms with E-state index in [0.29, 0.717) is 37.7 Å². The maximum atomic E-state index is 12.7. The number of Topliss-reactive ketones (excluding diaryl/α,β-unsaturated/α-hetero) is 1. The molecule has 2 aliphatic heterocycles. The number of nitrogens with zero attached hydrogens (tertiary/aromatic N) is 4. The first-order valence-corrected chi connectivity index (χ1v) is 16.6. The van der Waals surface area contributed by atoms with Crippen LogP contribution in [0.15, 0.2) is 14.7 Å². The Morgan fingerprint density at radius 3 is 2.44 bits per heavy atom. The summed E-state index contributed by atoms with van der Waals surface area (Å²) in [5.41, 5.74) is -1.22. The molecule has 2 amide bonds. The molecule has 0 radical (unpaired) electrons. The number of thioether (sulfide) groups is 1. The second-order valence-electron chi connectivity index (χ2n) is 10.4. The fourth-order valence-electron chi connectivity index (χ4n) is 5.23. The number of carbonyl (C=O) groups is 2. The fraction of sp³-hybridized carbons (Fsp3) is 0.720. The van der Waals surface area contributed by atoms with E-state index in [1.165, 1.54) is 23.2 Å². The highest BCUT2D eigenvalue weighted by atomic mass is 32.2. The van der Waals surface area contributed by atoms with Crippen LogP contribution in [0.4, 0.5) is 4.79 Å². The van der Waals surface area contributed by atoms with E-state index < -0.39 is 21.1 Å². The van der Waals surface area contributed by atoms with Gasteiger partial charge in [-0.3, -0.25) is 18.7 Å². The minimum Gasteiger partial charge on any atom is -0.379 e. The minimum atomic E-state index is -3.71. The van der Waals surface area contributed by atoms with E-state index in [4.69, 9.17) is 9.47 Å². The van der Waals surface area contributed by atoms with Crippen molar-refractivity contribution in [2.24, 2.45) is 14.1 Å². The fourth-order valence-corrected chi connectivity index (χ4v) is 7.61. The molecule has 2 aromatic rings. The van der Waals surface area contributed by atoms with Crippen LogP contribution in [0.5, 0.6) is 0 Å². The molecule has 2 saturated heterocycles. The van der Waals surface area contributed by atoms with Crippen LogP contribution in [0.3, 0.4) is 0 Å². The number of imidazole rings is 1. The molecule has 4 rings (SSSR count). The number of carbonyl (C=O) groups excluding carboxylic acids is 2. The number of unbranched alkanes of at least 4 members (excludes halogenated alkanes) is 1. The number of aromatic nitrogens is 4. The lowest BCUT2D eigenvalue weighted by molar-refractivity contribution is -0.119. The molecule has 0 aliphatic carbocycles. The number of amides is 2. The first-order valence-electron chi connectivity index (χ1n) is 13.7. The number of aryl methyl sites for hydroxylation is 1. The van der Waals surface area contributed by atoms with Gasteiger partial charge in [-0.2, -0.15) is 16.7 Å². The smallest absolute Gasteiger partial charge is 0.332 e. The van der Waals surface area contributed by atoms with E-state index in [1.807, 2.05) is 11.8 Å². The van der Waals surface area contributed by atoms with Gasteiger partial charge in [0.2, 0.25) is 15.0 Å². The van der Waals surface area contributed by atoms with Crippen LogP contribution in [0.1, 0.15) is 38.5 Å². The summed E-state index contributed by atoms with van der Waals surface area (Å²) in [5.74, 6) is 1.16. The van der Waals surface area contributed by atoms with Gasteiger partial charge in [0.1, 0.15) is 5.78 Å². The number of nitrogens with one attached hydrogen (secondary N) is 2. The highest BCUT2D eigenvalue weighted by Gasteiger charge is 2.42. The normalized spacial score (nSPS) is 20.4. The largest absolute Gasteiger partial charge is 0.379 e. The lowest BCUT2D eigenvalue weighted by Crippen LogP contribution is -2.39. The van der Waals surface area contributed by atoms with Crippen molar-refractivity contribution in [2.45, 2.75) is 67.6 Å². The first kappa shape index (κ1) is 31.3. The summed E-state index contributed by atoms with van der Waals surface area (Å²) in [5, 5.41) is 6.05. The van der Waals surface area contributed by atoms with Crippen LogP contribution >= 0.6 is 11.8 Å². The molecule has 0 saturated carbocycles. The van der Waals surface area contributed by atoms with E-state index in [-0.39, 0.29) is 60.0 Å². The van der Waals surface area contributed by atoms with Gasteiger partial charge in [0.25, 0.3) is 5.56 Å². The van der Waals surface area contributed by atoms with E-state index in [0.717, 1.165) is 35.8 Å². The number of hydrogen-bond acceptors (Lipinski definition) is 10. The highest BCUT2D eigenvalue weighted by Crippen LogP contribution is 2.33. The summed E-state index contributed by atoms with van der Waals surface area (Å²) >= 11 is 1.88. The maximum absolute atomic E-state index is 12.7. The Morgan fingerprint density at radius 2 is 1.71 bits per heavy atom. The van der Waals surface area contributed by atoms with Crippen molar-refractivity contribution in [1.82, 2.24) is 29.3 Å². The minimum absolute atomic E-state index is 0.00350. The van der Waals surface area contributed by atoms with Gasteiger partial charge in [0.05, 0.1) is 38.4 Å². The van der Waals surface area contributed by atoms with Crippen LogP contribution < -0.4 is 21.9 Å². The Morgan fingerprint density at radius 1 is 1.00 bits per heavy atom. The van der Waals surface area contributed by atoms with Gasteiger partial charge in [-0.05, 0) is 19.3 Å². The topological polar surface area (TPSA) is 173 Å². The average molecular weight is 615 g/mol. The quantitative estimate of drug-likeness (QED) is 0.193. The summed E-state index contributed by atoms with van der Waals surface area (Å²) in [6, 6.07) is 0.350. The average Bonchev–Trinajstić information content (AvgIpc) is 3.58. The van der Waals surface area contributed by atoms with Gasteiger partial charge < -0.3 is 24.7 Å². The molecule has 16 heteroatoms. The third kappa shape index (κ3) is 7.40. The molecule has 0 aromatic carbocycles. The number of ether oxygens (including phenoxy) is 2. The highest BCUT2D eigenvalue weighted by molar-refractivity contribution is 8.00. The van der Waals surface area contributed by atoms with E-state index >= 15 is 0 Å². The van der Waals surface area contributed by atoms with Gasteiger partial charge in [-0.1, -0.05) is 6.42 Å². The molecular formula is C25H38N6O8S2. The third-order valence-electron chi connectivity index (χ3n) is 7.36. The lowest BCUT2D eigenvalue weighted by atomic mass is 10.0. The molecule has 2 aliphatic rings. The molecule has 3 atom stereocenters. The van der Waals surface area contributed by atoms with Gasteiger partial charge in [-0.15, -0.1) is 0 Å². The number of urea groups is 1. The van der Waals surface area contributed by atoms with Crippen molar-refractivity contribution < 1.29 is 27.5 Å². The summed E-state index contributed by atoms with van der Waals surface area (Å²) in [6.07, 6.45) is 5.45. The zero-order chi connectivity index (χ0) is 29.7. The van der Waals surface area contributed by atoms with Crippen LogP contribution in [0, 0.1) is 0 Å². The summed E-state index contributed by atoms with van der Waals surface area (Å²) < 4.78 is 38.5. The monoisotopic (exact) mass is 614 g/mol. The summed E-state index contributed by atoms with van der Waals surface area (Å²) in [4.78, 5) is 52.9. The molecule has 2 unspecified atom stereocenters. The Labute approximate surface area is 242 Å². The van der Waals surface area contributed by atoms with Gasteiger partial charge in [0.15, 0.2) is 11.2 Å². The Bertz CT molecular complexity index is 1500. The zero-order valence-corrected chi connectivity index (χ0v) is 25.2. The van der Waals surface area contributed by atoms with Gasteiger partial charge in [0, 0.05) is 50.8 Å². The molecular weight excluding hydrogens is 576 g/mol. The van der Waals surface area contributed by atoms with Crippen molar-refractivity contribution >= 4 is 44.6 Å². The Balaban J connectivity index is 1.09. The number of fused-ring (bicyclic) bond motifs is 2. The Kier molecular flexibility index (Phi) is 10.3. The summed E-state index contributed by atoms with van der Waals surface area (Å²) in [6.45, 7) is 1.23. The van der Waals surface area contributed by atoms with E-state index in [2.05, 4.69) is 15.6 Å². The van der Waals surface area contributed by atoms with Crippen LogP contribution in [0.2, 0.25) is 0 Å². The van der Waals surface area contributed by atoms with Crippen molar-refractivity contribution in [2.75, 3.05) is 38.4 Å². The lowest BCUT2D eigenvalue weighted by Gasteiger charge is -2.16. The van der Waals surface area contributed by atoms with E-state index in [9.17, 15) is 27.6 Å². The number of hydrogen-bond donors (Lipinski definition) is 2. The molecule has 14 nitrogen and oxygen atoms in total. The first-order chi connectivity index (χ1) is 19.5. The molecule has 2 fully saturated rings. The maximum Gasteiger partial charge on any atom is 0.332 e. The predicted octanol–water partition coefficient (Wildman–Crippen LogP) is -0.0545. The van der Waals surface area contributed by atoms with Crippen molar-refractivity contribution in [3.05, 3.63) is 20.8 Å². The van der Waals surface area contributed by atoms with Gasteiger partial charge in [-0.25, -0.2) is 18.0 Å². The van der Waals surface area contributed by atoms with E-state index in [1.54, 1.807) is 0 Å². The predicted molar refractivity (Wildman–Crippen MR) is 153 cm³/mol. The second kappa shape index (κ2) is 13.5. The number of ketones is 1. The number of sulfone groups is 1. The van der Waals surface area contributed by atoms with Crippen molar-refractivity contribution in [1.29, 1.82) is 0 Å². The van der Waals surface area contributed by atoms with Gasteiger partial charge >= 0.3 is 11.7 Å². The molecule has 4 heterocycles. The summed E-state index contributed by atoms with van der Waals surface area (Å²) in [7, 11) is -0.962. The standard InChI is InChI=1S/C25H38N6O8S2/c1-29-20-21(28-24(29)41(3,36)37)31(25(35)30(2)22(20)33)10-12-39-14-13-38-11-6-8-16(32)7-4-5-9-18-19-17(15-40-18)26-23(34)27-19/h17-19H,4-15H2,1-3H3,(H2,26,27,34)/t17?,18-,19?/m0/s1. The molecule has 0 bridgehead atoms. The number of rotatable bonds is 16. The molecule has 0 spiro atoms. The molecule has 228 valence electrons. The SMILES string of the molecule is Cn1c(=O)c2c(nc(S(C)(=O)=O)n2C)n(CCOCCOCCCC(=O)CCCC[C@@H]2SCC3NC(=O)NC32)c1=O. The van der Waals surface area contributed by atoms with Crippen LogP contribution in [-0.2, 0) is 44.7 Å². The van der Waals surface area contributed by atoms with Crippen molar-refractivity contribution in [3.63, 3.8) is 0 Å². The second-order valence-corrected chi connectivity index (χ2v) is 13.6. The zero-order valence-electron chi connectivity index (χ0n) is 23.6. The molecule has 41 heavy (non-hydrogen) atoms. The molecule has 2 N–H and O–H groups in total. The Hall–Kier alpha value is -2.69. The third-order valence-corrected chi connectivity index (χ3v) is 9.89. The van der Waals surface area contributed by atoms with Crippen LogP contribution in [-0.4, -0.2) is 94.7 Å². The molecule has 2 aromatic heterocycles. The van der Waals surface area contributed by atoms with Crippen molar-refractivity contribution in [3.8, 4) is 0 Å². The van der Waals surface area contributed by atoms with Crippen LogP contribution in [0.25, 0.3) is 11.2 Å².